The van der Waals surface area contributed by atoms with Gasteiger partial charge in [0.05, 0.1) is 5.52 Å². The largest absolute Gasteiger partial charge is 0.368 e. The molecule has 24 heavy (non-hydrogen) atoms. The molecular weight excluding hydrogens is 376 g/mol. The molecule has 1 aromatic heterocycles. The van der Waals surface area contributed by atoms with E-state index >= 15 is 0 Å². The maximum absolute atomic E-state index is 12.4. The minimum Gasteiger partial charge on any atom is -0.368 e. The number of hydrogen-bond donors (Lipinski definition) is 2. The van der Waals surface area contributed by atoms with E-state index in [1.165, 1.54) is 6.92 Å². The second-order valence-electron chi connectivity index (χ2n) is 5.93. The Kier molecular flexibility index (Phi) is 5.15. The van der Waals surface area contributed by atoms with Crippen LogP contribution in [-0.4, -0.2) is 46.8 Å². The van der Waals surface area contributed by atoms with Gasteiger partial charge >= 0.3 is 5.97 Å². The van der Waals surface area contributed by atoms with Crippen LogP contribution in [-0.2, 0) is 9.63 Å². The second-order valence-corrected chi connectivity index (χ2v) is 6.84. The summed E-state index contributed by atoms with van der Waals surface area (Å²) in [5.74, 6) is -0.0993. The number of piperidine rings is 1. The van der Waals surface area contributed by atoms with Crippen LogP contribution in [0.15, 0.2) is 22.7 Å². The van der Waals surface area contributed by atoms with Gasteiger partial charge in [0.25, 0.3) is 5.91 Å². The van der Waals surface area contributed by atoms with Crippen LogP contribution in [0.25, 0.3) is 10.9 Å². The van der Waals surface area contributed by atoms with Crippen molar-refractivity contribution >= 4 is 38.7 Å². The van der Waals surface area contributed by atoms with Crippen LogP contribution in [0.4, 0.5) is 0 Å². The summed E-state index contributed by atoms with van der Waals surface area (Å²) in [6.45, 7) is 3.38. The van der Waals surface area contributed by atoms with E-state index in [9.17, 15) is 9.59 Å². The van der Waals surface area contributed by atoms with E-state index in [-0.39, 0.29) is 11.9 Å². The van der Waals surface area contributed by atoms with Crippen molar-refractivity contribution in [2.24, 2.45) is 5.92 Å². The molecule has 8 heteroatoms. The number of carbonyl (C=O) groups is 2. The van der Waals surface area contributed by atoms with Crippen LogP contribution in [0, 0.1) is 5.92 Å². The standard InChI is InChI=1S/C16H19BrN4O3/c1-10(22)24-21-6-4-11(5-7-21)9-18-16(23)15-13-8-12(17)2-3-14(13)19-20-15/h2-3,8,11H,4-7,9H2,1H3,(H,18,23)(H,19,20). The highest BCUT2D eigenvalue weighted by Crippen LogP contribution is 2.21. The maximum atomic E-state index is 12.4. The molecule has 1 saturated heterocycles. The first-order valence-electron chi connectivity index (χ1n) is 7.88. The number of aromatic amines is 1. The molecule has 1 aliphatic rings. The minimum atomic E-state index is -0.293. The van der Waals surface area contributed by atoms with Crippen molar-refractivity contribution in [1.82, 2.24) is 20.6 Å². The quantitative estimate of drug-likeness (QED) is 0.829. The Morgan fingerprint density at radius 1 is 1.42 bits per heavy atom. The Bertz CT molecular complexity index is 753. The van der Waals surface area contributed by atoms with E-state index in [2.05, 4.69) is 31.4 Å². The third-order valence-corrected chi connectivity index (χ3v) is 4.62. The Balaban J connectivity index is 1.54. The molecule has 2 aromatic rings. The van der Waals surface area contributed by atoms with E-state index in [1.54, 1.807) is 5.06 Å². The summed E-state index contributed by atoms with van der Waals surface area (Å²) in [6, 6.07) is 5.67. The first-order valence-corrected chi connectivity index (χ1v) is 8.67. The lowest BCUT2D eigenvalue weighted by atomic mass is 9.98. The fourth-order valence-electron chi connectivity index (χ4n) is 2.87. The lowest BCUT2D eigenvalue weighted by molar-refractivity contribution is -0.193. The number of fused-ring (bicyclic) bond motifs is 1. The number of nitrogens with one attached hydrogen (secondary N) is 2. The van der Waals surface area contributed by atoms with E-state index in [1.807, 2.05) is 18.2 Å². The molecule has 3 rings (SSSR count). The Morgan fingerprint density at radius 3 is 2.88 bits per heavy atom. The zero-order chi connectivity index (χ0) is 17.1. The van der Waals surface area contributed by atoms with Gasteiger partial charge in [0.1, 0.15) is 0 Å². The topological polar surface area (TPSA) is 87.3 Å². The fourth-order valence-corrected chi connectivity index (χ4v) is 3.23. The van der Waals surface area contributed by atoms with Gasteiger partial charge in [0, 0.05) is 36.4 Å². The molecule has 1 aliphatic heterocycles. The van der Waals surface area contributed by atoms with Gasteiger partial charge in [-0.15, -0.1) is 5.06 Å². The summed E-state index contributed by atoms with van der Waals surface area (Å²) in [4.78, 5) is 28.4. The van der Waals surface area contributed by atoms with Gasteiger partial charge in [-0.1, -0.05) is 15.9 Å². The third kappa shape index (κ3) is 3.93. The average Bonchev–Trinajstić information content (AvgIpc) is 2.96. The lowest BCUT2D eigenvalue weighted by Gasteiger charge is -2.30. The van der Waals surface area contributed by atoms with Crippen LogP contribution in [0.3, 0.4) is 0 Å². The number of benzene rings is 1. The van der Waals surface area contributed by atoms with Crippen molar-refractivity contribution in [2.75, 3.05) is 19.6 Å². The molecule has 0 unspecified atom stereocenters. The van der Waals surface area contributed by atoms with Crippen molar-refractivity contribution in [3.63, 3.8) is 0 Å². The summed E-state index contributed by atoms with van der Waals surface area (Å²) in [6.07, 6.45) is 1.75. The predicted octanol–water partition coefficient (Wildman–Crippen LogP) is 2.25. The Labute approximate surface area is 147 Å². The van der Waals surface area contributed by atoms with Gasteiger partial charge < -0.3 is 10.2 Å². The maximum Gasteiger partial charge on any atom is 0.322 e. The summed E-state index contributed by atoms with van der Waals surface area (Å²) in [5.41, 5.74) is 1.24. The third-order valence-electron chi connectivity index (χ3n) is 4.12. The van der Waals surface area contributed by atoms with Crippen LogP contribution >= 0.6 is 15.9 Å². The highest BCUT2D eigenvalue weighted by atomic mass is 79.9. The molecule has 128 valence electrons. The van der Waals surface area contributed by atoms with E-state index in [4.69, 9.17) is 4.84 Å². The normalized spacial score (nSPS) is 16.2. The molecule has 0 bridgehead atoms. The molecule has 0 saturated carbocycles. The smallest absolute Gasteiger partial charge is 0.322 e. The van der Waals surface area contributed by atoms with Gasteiger partial charge in [-0.05, 0) is 37.0 Å². The van der Waals surface area contributed by atoms with E-state index < -0.39 is 0 Å². The zero-order valence-corrected chi connectivity index (χ0v) is 14.9. The molecule has 0 spiro atoms. The number of H-pyrrole nitrogens is 1. The zero-order valence-electron chi connectivity index (χ0n) is 13.3. The number of hydrogen-bond acceptors (Lipinski definition) is 5. The first-order chi connectivity index (χ1) is 11.5. The molecule has 1 fully saturated rings. The first kappa shape index (κ1) is 16.9. The van der Waals surface area contributed by atoms with Gasteiger partial charge in [0.2, 0.25) is 0 Å². The molecule has 7 nitrogen and oxygen atoms in total. The molecule has 1 amide bonds. The van der Waals surface area contributed by atoms with Crippen molar-refractivity contribution in [1.29, 1.82) is 0 Å². The van der Waals surface area contributed by atoms with Gasteiger partial charge in [-0.3, -0.25) is 14.7 Å². The van der Waals surface area contributed by atoms with Gasteiger partial charge in [-0.2, -0.15) is 5.10 Å². The second kappa shape index (κ2) is 7.31. The highest BCUT2D eigenvalue weighted by molar-refractivity contribution is 9.10. The summed E-state index contributed by atoms with van der Waals surface area (Å²) < 4.78 is 0.906. The summed E-state index contributed by atoms with van der Waals surface area (Å²) >= 11 is 3.41. The molecule has 1 aromatic carbocycles. The molecular formula is C16H19BrN4O3. The molecule has 0 atom stereocenters. The molecule has 0 radical (unpaired) electrons. The molecule has 2 heterocycles. The van der Waals surface area contributed by atoms with Crippen molar-refractivity contribution in [2.45, 2.75) is 19.8 Å². The number of amides is 1. The number of halogens is 1. The van der Waals surface area contributed by atoms with Gasteiger partial charge in [0.15, 0.2) is 5.69 Å². The Hall–Kier alpha value is -1.93. The summed E-state index contributed by atoms with van der Waals surface area (Å²) in [7, 11) is 0. The number of carbonyl (C=O) groups excluding carboxylic acids is 2. The van der Waals surface area contributed by atoms with Crippen molar-refractivity contribution in [3.05, 3.63) is 28.4 Å². The van der Waals surface area contributed by atoms with Gasteiger partial charge in [-0.25, -0.2) is 0 Å². The fraction of sp³-hybridized carbons (Fsp3) is 0.438. The van der Waals surface area contributed by atoms with Crippen LogP contribution in [0.2, 0.25) is 0 Å². The van der Waals surface area contributed by atoms with E-state index in [0.717, 1.165) is 28.2 Å². The number of nitrogens with zero attached hydrogens (tertiary/aromatic N) is 2. The highest BCUT2D eigenvalue weighted by Gasteiger charge is 2.22. The lowest BCUT2D eigenvalue weighted by Crippen LogP contribution is -2.39. The number of hydroxylamine groups is 2. The monoisotopic (exact) mass is 394 g/mol. The minimum absolute atomic E-state index is 0.179. The Morgan fingerprint density at radius 2 is 2.17 bits per heavy atom. The van der Waals surface area contributed by atoms with Crippen molar-refractivity contribution in [3.8, 4) is 0 Å². The molecule has 2 N–H and O–H groups in total. The SMILES string of the molecule is CC(=O)ON1CCC(CNC(=O)c2n[nH]c3ccc(Br)cc23)CC1. The van der Waals surface area contributed by atoms with Crippen LogP contribution < -0.4 is 5.32 Å². The predicted molar refractivity (Wildman–Crippen MR) is 92.2 cm³/mol. The van der Waals surface area contributed by atoms with Crippen molar-refractivity contribution < 1.29 is 14.4 Å². The van der Waals surface area contributed by atoms with Crippen LogP contribution in [0.5, 0.6) is 0 Å². The molecule has 0 aliphatic carbocycles. The number of aromatic nitrogens is 2. The number of rotatable bonds is 4. The average molecular weight is 395 g/mol. The van der Waals surface area contributed by atoms with E-state index in [0.29, 0.717) is 31.2 Å². The van der Waals surface area contributed by atoms with Crippen LogP contribution in [0.1, 0.15) is 30.3 Å². The summed E-state index contributed by atoms with van der Waals surface area (Å²) in [5, 5.41) is 12.4.